The summed E-state index contributed by atoms with van der Waals surface area (Å²) in [4.78, 5) is 36.3. The molecule has 0 aliphatic rings. The van der Waals surface area contributed by atoms with Gasteiger partial charge in [-0.25, -0.2) is 0 Å². The van der Waals surface area contributed by atoms with Gasteiger partial charge < -0.3 is 18.8 Å². The summed E-state index contributed by atoms with van der Waals surface area (Å²) in [6.07, 6.45) is -5.41. The minimum Gasteiger partial charge on any atom is -0.497 e. The van der Waals surface area contributed by atoms with E-state index >= 15 is 0 Å². The first-order valence-electron chi connectivity index (χ1n) is 8.30. The fraction of sp³-hybridized carbons (Fsp3) is 0.316. The second kappa shape index (κ2) is 8.80. The predicted molar refractivity (Wildman–Crippen MR) is 95.1 cm³/mol. The maximum absolute atomic E-state index is 12.8. The van der Waals surface area contributed by atoms with E-state index in [1.54, 1.807) is 0 Å². The van der Waals surface area contributed by atoms with Crippen LogP contribution in [-0.4, -0.2) is 36.6 Å². The number of carbonyl (C=O) groups is 2. The minimum absolute atomic E-state index is 0.129. The molecule has 2 aromatic rings. The summed E-state index contributed by atoms with van der Waals surface area (Å²) in [7, 11) is 2.79. The van der Waals surface area contributed by atoms with Crippen LogP contribution in [0.1, 0.15) is 22.8 Å². The van der Waals surface area contributed by atoms with Crippen LogP contribution in [0.5, 0.6) is 11.5 Å². The zero-order chi connectivity index (χ0) is 21.8. The van der Waals surface area contributed by atoms with Crippen LogP contribution in [0, 0.1) is 0 Å². The highest BCUT2D eigenvalue weighted by Gasteiger charge is 2.31. The van der Waals surface area contributed by atoms with Gasteiger partial charge in [0.15, 0.2) is 6.10 Å². The smallest absolute Gasteiger partial charge is 0.417 e. The fourth-order valence-corrected chi connectivity index (χ4v) is 2.47. The number of halogens is 3. The van der Waals surface area contributed by atoms with Gasteiger partial charge >= 0.3 is 12.1 Å². The Morgan fingerprint density at radius 1 is 1.10 bits per heavy atom. The summed E-state index contributed by atoms with van der Waals surface area (Å²) in [5.74, 6) is -0.979. The van der Waals surface area contributed by atoms with Crippen molar-refractivity contribution >= 4 is 11.8 Å². The highest BCUT2D eigenvalue weighted by Crippen LogP contribution is 2.28. The standard InChI is InChI=1S/C19H18F3NO6/c1-11(18(26)14-6-5-13(27-2)8-15(14)28-3)29-17(25)10-23-9-12(19(20,21)22)4-7-16(23)24/h4-9,11H,10H2,1-3H3. The van der Waals surface area contributed by atoms with Crippen molar-refractivity contribution in [1.82, 2.24) is 4.57 Å². The summed E-state index contributed by atoms with van der Waals surface area (Å²) in [5.41, 5.74) is -1.77. The molecule has 1 atom stereocenters. The van der Waals surface area contributed by atoms with Gasteiger partial charge in [0.1, 0.15) is 18.0 Å². The molecule has 156 valence electrons. The van der Waals surface area contributed by atoms with Crippen molar-refractivity contribution in [2.75, 3.05) is 14.2 Å². The van der Waals surface area contributed by atoms with E-state index in [9.17, 15) is 27.6 Å². The van der Waals surface area contributed by atoms with Gasteiger partial charge in [-0.2, -0.15) is 13.2 Å². The molecule has 1 aromatic carbocycles. The van der Waals surface area contributed by atoms with Gasteiger partial charge in [0, 0.05) is 18.3 Å². The van der Waals surface area contributed by atoms with Gasteiger partial charge in [-0.15, -0.1) is 0 Å². The maximum Gasteiger partial charge on any atom is 0.417 e. The molecule has 2 rings (SSSR count). The molecule has 0 amide bonds. The number of ether oxygens (including phenoxy) is 3. The number of rotatable bonds is 7. The number of methoxy groups -OCH3 is 2. The largest absolute Gasteiger partial charge is 0.497 e. The number of benzene rings is 1. The molecule has 1 aromatic heterocycles. The number of hydrogen-bond donors (Lipinski definition) is 0. The van der Waals surface area contributed by atoms with Gasteiger partial charge in [-0.3, -0.25) is 14.4 Å². The number of Topliss-reactive ketones (excluding diaryl/α,β-unsaturated/α-hetero) is 1. The van der Waals surface area contributed by atoms with E-state index in [-0.39, 0.29) is 11.3 Å². The molecule has 0 fully saturated rings. The van der Waals surface area contributed by atoms with Crippen LogP contribution in [0.15, 0.2) is 41.3 Å². The Morgan fingerprint density at radius 2 is 1.79 bits per heavy atom. The molecule has 0 spiro atoms. The van der Waals surface area contributed by atoms with Crippen LogP contribution in [0.4, 0.5) is 13.2 Å². The lowest BCUT2D eigenvalue weighted by molar-refractivity contribution is -0.147. The van der Waals surface area contributed by atoms with Crippen molar-refractivity contribution in [3.05, 3.63) is 58.0 Å². The maximum atomic E-state index is 12.8. The van der Waals surface area contributed by atoms with E-state index in [2.05, 4.69) is 0 Å². The molecule has 7 nitrogen and oxygen atoms in total. The quantitative estimate of drug-likeness (QED) is 0.513. The van der Waals surface area contributed by atoms with Gasteiger partial charge in [0.2, 0.25) is 5.78 Å². The fourth-order valence-electron chi connectivity index (χ4n) is 2.47. The van der Waals surface area contributed by atoms with Crippen LogP contribution >= 0.6 is 0 Å². The molecule has 10 heteroatoms. The lowest BCUT2D eigenvalue weighted by atomic mass is 10.1. The van der Waals surface area contributed by atoms with Crippen LogP contribution in [-0.2, 0) is 22.3 Å². The van der Waals surface area contributed by atoms with Crippen LogP contribution in [0.2, 0.25) is 0 Å². The Hall–Kier alpha value is -3.30. The van der Waals surface area contributed by atoms with Crippen molar-refractivity contribution in [2.45, 2.75) is 25.7 Å². The van der Waals surface area contributed by atoms with Crippen molar-refractivity contribution in [1.29, 1.82) is 0 Å². The second-order valence-electron chi connectivity index (χ2n) is 5.94. The molecular formula is C19H18F3NO6. The molecule has 0 aliphatic heterocycles. The predicted octanol–water partition coefficient (Wildman–Crippen LogP) is 2.70. The molecule has 0 N–H and O–H groups in total. The summed E-state index contributed by atoms with van der Waals surface area (Å²) in [5, 5.41) is 0. The van der Waals surface area contributed by atoms with Crippen LogP contribution in [0.3, 0.4) is 0 Å². The number of aromatic nitrogens is 1. The molecule has 0 bridgehead atoms. The zero-order valence-electron chi connectivity index (χ0n) is 15.8. The van der Waals surface area contributed by atoms with E-state index in [1.165, 1.54) is 39.3 Å². The average Bonchev–Trinajstić information content (AvgIpc) is 2.67. The van der Waals surface area contributed by atoms with Crippen molar-refractivity contribution in [3.63, 3.8) is 0 Å². The molecule has 29 heavy (non-hydrogen) atoms. The van der Waals surface area contributed by atoms with Crippen molar-refractivity contribution in [3.8, 4) is 11.5 Å². The Labute approximate surface area is 163 Å². The summed E-state index contributed by atoms with van der Waals surface area (Å²) in [6.45, 7) is 0.527. The number of esters is 1. The number of ketones is 1. The minimum atomic E-state index is -4.67. The van der Waals surface area contributed by atoms with Gasteiger partial charge in [0.05, 0.1) is 25.3 Å². The van der Waals surface area contributed by atoms with Gasteiger partial charge in [-0.1, -0.05) is 0 Å². The molecule has 0 saturated heterocycles. The lowest BCUT2D eigenvalue weighted by Gasteiger charge is -2.16. The topological polar surface area (TPSA) is 83.8 Å². The SMILES string of the molecule is COc1ccc(C(=O)C(C)OC(=O)Cn2cc(C(F)(F)F)ccc2=O)c(OC)c1. The number of nitrogens with zero attached hydrogens (tertiary/aromatic N) is 1. The Kier molecular flexibility index (Phi) is 6.68. The molecule has 1 heterocycles. The lowest BCUT2D eigenvalue weighted by Crippen LogP contribution is -2.30. The van der Waals surface area contributed by atoms with E-state index in [0.717, 1.165) is 0 Å². The zero-order valence-corrected chi connectivity index (χ0v) is 15.8. The number of pyridine rings is 1. The molecule has 0 saturated carbocycles. The molecule has 1 unspecified atom stereocenters. The van der Waals surface area contributed by atoms with Gasteiger partial charge in [0.25, 0.3) is 5.56 Å². The number of hydrogen-bond acceptors (Lipinski definition) is 6. The normalized spacial score (nSPS) is 12.2. The summed E-state index contributed by atoms with van der Waals surface area (Å²) >= 11 is 0. The van der Waals surface area contributed by atoms with E-state index in [0.29, 0.717) is 28.6 Å². The average molecular weight is 413 g/mol. The first kappa shape index (κ1) is 22.0. The number of carbonyl (C=O) groups excluding carboxylic acids is 2. The Morgan fingerprint density at radius 3 is 2.38 bits per heavy atom. The third-order valence-corrected chi connectivity index (χ3v) is 3.96. The van der Waals surface area contributed by atoms with E-state index in [1.807, 2.05) is 0 Å². The van der Waals surface area contributed by atoms with Crippen molar-refractivity contribution in [2.24, 2.45) is 0 Å². The van der Waals surface area contributed by atoms with Gasteiger partial charge in [-0.05, 0) is 25.1 Å². The Balaban J connectivity index is 2.13. The van der Waals surface area contributed by atoms with Crippen LogP contribution in [0.25, 0.3) is 0 Å². The third kappa shape index (κ3) is 5.37. The second-order valence-corrected chi connectivity index (χ2v) is 5.94. The highest BCUT2D eigenvalue weighted by molar-refractivity contribution is 6.02. The third-order valence-electron chi connectivity index (χ3n) is 3.96. The summed E-state index contributed by atoms with van der Waals surface area (Å²) < 4.78 is 54.0. The highest BCUT2D eigenvalue weighted by atomic mass is 19.4. The Bertz CT molecular complexity index is 967. The first-order valence-corrected chi connectivity index (χ1v) is 8.30. The van der Waals surface area contributed by atoms with E-state index in [4.69, 9.17) is 14.2 Å². The molecular weight excluding hydrogens is 395 g/mol. The number of alkyl halides is 3. The summed E-state index contributed by atoms with van der Waals surface area (Å²) in [6, 6.07) is 5.75. The molecule has 0 aliphatic carbocycles. The molecule has 0 radical (unpaired) electrons. The van der Waals surface area contributed by atoms with Crippen LogP contribution < -0.4 is 15.0 Å². The first-order chi connectivity index (χ1) is 13.6. The monoisotopic (exact) mass is 413 g/mol. The van der Waals surface area contributed by atoms with Crippen molar-refractivity contribution < 1.29 is 37.0 Å². The van der Waals surface area contributed by atoms with E-state index < -0.39 is 41.7 Å².